The molecule has 1 aliphatic carbocycles. The van der Waals surface area contributed by atoms with Crippen LogP contribution in [0.25, 0.3) is 5.65 Å². The zero-order valence-electron chi connectivity index (χ0n) is 15.6. The number of nitrogens with zero attached hydrogens (tertiary/aromatic N) is 6. The number of fused-ring (bicyclic) bond motifs is 1. The Labute approximate surface area is 161 Å². The monoisotopic (exact) mass is 379 g/mol. The minimum absolute atomic E-state index is 0.0701. The fourth-order valence-corrected chi connectivity index (χ4v) is 3.70. The van der Waals surface area contributed by atoms with Gasteiger partial charge in [0.1, 0.15) is 11.5 Å². The first-order chi connectivity index (χ1) is 13.6. The minimum Gasteiger partial charge on any atom is -0.351 e. The molecule has 0 spiro atoms. The number of H-pyrrole nitrogens is 1. The Morgan fingerprint density at radius 2 is 2.00 bits per heavy atom. The second kappa shape index (κ2) is 6.43. The zero-order chi connectivity index (χ0) is 19.3. The highest BCUT2D eigenvalue weighted by molar-refractivity contribution is 5.92. The summed E-state index contributed by atoms with van der Waals surface area (Å²) in [6.07, 6.45) is 3.53. The maximum Gasteiger partial charge on any atom is 0.270 e. The van der Waals surface area contributed by atoms with Crippen LogP contribution in [0.15, 0.2) is 35.1 Å². The van der Waals surface area contributed by atoms with E-state index in [4.69, 9.17) is 5.10 Å². The van der Waals surface area contributed by atoms with Gasteiger partial charge in [-0.05, 0) is 31.0 Å². The van der Waals surface area contributed by atoms with Crippen molar-refractivity contribution < 1.29 is 4.79 Å². The van der Waals surface area contributed by atoms with Crippen LogP contribution >= 0.6 is 0 Å². The minimum atomic E-state index is -0.275. The van der Waals surface area contributed by atoms with Gasteiger partial charge in [0.2, 0.25) is 5.56 Å². The molecule has 3 aromatic rings. The van der Waals surface area contributed by atoms with Gasteiger partial charge in [0.15, 0.2) is 11.5 Å². The molecule has 0 aromatic carbocycles. The van der Waals surface area contributed by atoms with Crippen LogP contribution in [0.1, 0.15) is 41.5 Å². The first-order valence-electron chi connectivity index (χ1n) is 9.54. The Morgan fingerprint density at radius 1 is 1.18 bits per heavy atom. The molecule has 1 aliphatic heterocycles. The number of likely N-dealkylation sites (N-methyl/N-ethyl adjacent to an activating group) is 1. The predicted octanol–water partition coefficient (Wildman–Crippen LogP) is 1.04. The van der Waals surface area contributed by atoms with E-state index in [-0.39, 0.29) is 17.5 Å². The van der Waals surface area contributed by atoms with Crippen LogP contribution in [0.5, 0.6) is 0 Å². The number of pyridine rings is 1. The van der Waals surface area contributed by atoms with Gasteiger partial charge in [0.25, 0.3) is 5.91 Å². The first kappa shape index (κ1) is 16.9. The quantitative estimate of drug-likeness (QED) is 0.727. The van der Waals surface area contributed by atoms with E-state index in [1.165, 1.54) is 12.5 Å². The van der Waals surface area contributed by atoms with E-state index in [2.05, 4.69) is 20.1 Å². The standard InChI is InChI=1S/C19H21N7O2/c1-24(19(28)14-6-3-7-17(27)20-14)13-10-25(11-13)16-9-8-15-21-22-18(26(15)23-16)12-4-2-5-12/h3,6-9,12-13H,2,4-5,10-11H2,1H3,(H,20,27). The topological polar surface area (TPSA) is 99.5 Å². The van der Waals surface area contributed by atoms with Gasteiger partial charge >= 0.3 is 0 Å². The first-order valence-corrected chi connectivity index (χ1v) is 9.54. The number of aromatic amines is 1. The van der Waals surface area contributed by atoms with E-state index < -0.39 is 0 Å². The lowest BCUT2D eigenvalue weighted by atomic mass is 9.85. The second-order valence-electron chi connectivity index (χ2n) is 7.55. The van der Waals surface area contributed by atoms with Crippen molar-refractivity contribution in [2.75, 3.05) is 25.0 Å². The molecule has 144 valence electrons. The summed E-state index contributed by atoms with van der Waals surface area (Å²) < 4.78 is 1.86. The molecular weight excluding hydrogens is 358 g/mol. The highest BCUT2D eigenvalue weighted by Crippen LogP contribution is 2.35. The molecule has 1 saturated carbocycles. The molecule has 5 rings (SSSR count). The molecule has 2 fully saturated rings. The van der Waals surface area contributed by atoms with Crippen LogP contribution in [-0.4, -0.2) is 61.8 Å². The van der Waals surface area contributed by atoms with Gasteiger partial charge in [-0.2, -0.15) is 4.52 Å². The third-order valence-corrected chi connectivity index (χ3v) is 5.80. The average molecular weight is 379 g/mol. The smallest absolute Gasteiger partial charge is 0.270 e. The van der Waals surface area contributed by atoms with Crippen LogP contribution in [0.2, 0.25) is 0 Å². The number of amides is 1. The van der Waals surface area contributed by atoms with Gasteiger partial charge in [-0.25, -0.2) is 0 Å². The van der Waals surface area contributed by atoms with E-state index in [1.54, 1.807) is 24.1 Å². The Hall–Kier alpha value is -3.23. The van der Waals surface area contributed by atoms with E-state index in [1.807, 2.05) is 16.6 Å². The van der Waals surface area contributed by atoms with Crippen molar-refractivity contribution in [1.82, 2.24) is 29.7 Å². The van der Waals surface area contributed by atoms with Crippen molar-refractivity contribution in [3.63, 3.8) is 0 Å². The molecular formula is C19H21N7O2. The SMILES string of the molecule is CN(C(=O)c1cccc(=O)[nH]1)C1CN(c2ccc3nnc(C4CCC4)n3n2)C1. The number of carbonyl (C=O) groups excluding carboxylic acids is 1. The molecule has 0 atom stereocenters. The van der Waals surface area contributed by atoms with Gasteiger partial charge in [-0.1, -0.05) is 12.5 Å². The lowest BCUT2D eigenvalue weighted by Crippen LogP contribution is -2.60. The summed E-state index contributed by atoms with van der Waals surface area (Å²) in [6.45, 7) is 1.39. The second-order valence-corrected chi connectivity index (χ2v) is 7.55. The third-order valence-electron chi connectivity index (χ3n) is 5.80. The Morgan fingerprint density at radius 3 is 2.71 bits per heavy atom. The van der Waals surface area contributed by atoms with Crippen molar-refractivity contribution in [1.29, 1.82) is 0 Å². The molecule has 3 aromatic heterocycles. The predicted molar refractivity (Wildman–Crippen MR) is 103 cm³/mol. The van der Waals surface area contributed by atoms with Crippen LogP contribution in [-0.2, 0) is 0 Å². The molecule has 1 saturated heterocycles. The Kier molecular flexibility index (Phi) is 3.88. The van der Waals surface area contributed by atoms with Crippen LogP contribution in [0, 0.1) is 0 Å². The number of anilines is 1. The van der Waals surface area contributed by atoms with Crippen molar-refractivity contribution in [2.24, 2.45) is 0 Å². The summed E-state index contributed by atoms with van der Waals surface area (Å²) in [7, 11) is 1.76. The lowest BCUT2D eigenvalue weighted by Gasteiger charge is -2.44. The number of aromatic nitrogens is 5. The molecule has 9 heteroatoms. The van der Waals surface area contributed by atoms with Gasteiger partial charge in [0.05, 0.1) is 6.04 Å². The Bertz CT molecular complexity index is 1090. The van der Waals surface area contributed by atoms with Crippen LogP contribution in [0.3, 0.4) is 0 Å². The highest BCUT2D eigenvalue weighted by Gasteiger charge is 2.34. The van der Waals surface area contributed by atoms with Gasteiger partial charge in [-0.3, -0.25) is 9.59 Å². The molecule has 28 heavy (non-hydrogen) atoms. The molecule has 9 nitrogen and oxygen atoms in total. The molecule has 4 heterocycles. The summed E-state index contributed by atoms with van der Waals surface area (Å²) in [5.74, 6) is 2.08. The molecule has 0 bridgehead atoms. The van der Waals surface area contributed by atoms with Crippen molar-refractivity contribution >= 4 is 17.4 Å². The van der Waals surface area contributed by atoms with Gasteiger partial charge < -0.3 is 14.8 Å². The molecule has 1 amide bonds. The number of hydrogen-bond acceptors (Lipinski definition) is 6. The average Bonchev–Trinajstić information content (AvgIpc) is 3.01. The summed E-state index contributed by atoms with van der Waals surface area (Å²) in [5, 5.41) is 13.3. The fraction of sp³-hybridized carbons (Fsp3) is 0.421. The maximum absolute atomic E-state index is 12.6. The van der Waals surface area contributed by atoms with E-state index >= 15 is 0 Å². The van der Waals surface area contributed by atoms with Gasteiger partial charge in [0, 0.05) is 32.1 Å². The largest absolute Gasteiger partial charge is 0.351 e. The highest BCUT2D eigenvalue weighted by atomic mass is 16.2. The molecule has 1 N–H and O–H groups in total. The number of carbonyl (C=O) groups is 1. The van der Waals surface area contributed by atoms with E-state index in [0.29, 0.717) is 24.7 Å². The molecule has 0 radical (unpaired) electrons. The van der Waals surface area contributed by atoms with Gasteiger partial charge in [-0.15, -0.1) is 15.3 Å². The van der Waals surface area contributed by atoms with Crippen molar-refractivity contribution in [2.45, 2.75) is 31.2 Å². The summed E-state index contributed by atoms with van der Waals surface area (Å²) in [5.41, 5.74) is 0.800. The summed E-state index contributed by atoms with van der Waals surface area (Å²) in [6, 6.07) is 8.56. The Balaban J connectivity index is 1.30. The number of nitrogens with one attached hydrogen (secondary N) is 1. The fourth-order valence-electron chi connectivity index (χ4n) is 3.70. The van der Waals surface area contributed by atoms with E-state index in [0.717, 1.165) is 30.1 Å². The summed E-state index contributed by atoms with van der Waals surface area (Å²) in [4.78, 5) is 30.4. The van der Waals surface area contributed by atoms with Crippen LogP contribution in [0.4, 0.5) is 5.82 Å². The van der Waals surface area contributed by atoms with Crippen molar-refractivity contribution in [3.8, 4) is 0 Å². The lowest BCUT2D eigenvalue weighted by molar-refractivity contribution is 0.0698. The maximum atomic E-state index is 12.6. The molecule has 2 aliphatic rings. The molecule has 0 unspecified atom stereocenters. The number of rotatable bonds is 4. The third kappa shape index (κ3) is 2.74. The van der Waals surface area contributed by atoms with Crippen LogP contribution < -0.4 is 10.5 Å². The zero-order valence-corrected chi connectivity index (χ0v) is 15.6. The normalized spacial score (nSPS) is 17.4. The number of hydrogen-bond donors (Lipinski definition) is 1. The summed E-state index contributed by atoms with van der Waals surface area (Å²) >= 11 is 0. The van der Waals surface area contributed by atoms with Crippen molar-refractivity contribution in [3.05, 3.63) is 52.2 Å². The van der Waals surface area contributed by atoms with E-state index in [9.17, 15) is 9.59 Å².